The van der Waals surface area contributed by atoms with Crippen LogP contribution in [-0.4, -0.2) is 18.5 Å². The van der Waals surface area contributed by atoms with E-state index in [1.54, 1.807) is 32.0 Å². The van der Waals surface area contributed by atoms with E-state index in [0.29, 0.717) is 16.5 Å². The molecule has 0 fully saturated rings. The molecule has 0 saturated carbocycles. The molecule has 0 spiro atoms. The summed E-state index contributed by atoms with van der Waals surface area (Å²) in [6.07, 6.45) is 0. The third-order valence-electron chi connectivity index (χ3n) is 4.18. The Balaban J connectivity index is 1.62. The van der Waals surface area contributed by atoms with Crippen LogP contribution in [0.4, 0.5) is 8.78 Å². The molecule has 0 aliphatic rings. The topological polar surface area (TPSA) is 68.5 Å². The molecular formula is C20H17F2NO4. The second kappa shape index (κ2) is 7.57. The van der Waals surface area contributed by atoms with Gasteiger partial charge in [0.15, 0.2) is 18.0 Å². The predicted octanol–water partition coefficient (Wildman–Crippen LogP) is 4.05. The summed E-state index contributed by atoms with van der Waals surface area (Å²) in [7, 11) is 0. The first-order valence-electron chi connectivity index (χ1n) is 8.26. The van der Waals surface area contributed by atoms with Crippen LogP contribution in [0.1, 0.15) is 34.6 Å². The molecule has 1 heterocycles. The maximum Gasteiger partial charge on any atom is 0.375 e. The Labute approximate surface area is 153 Å². The minimum Gasteiger partial charge on any atom is -0.450 e. The number of amides is 1. The van der Waals surface area contributed by atoms with Crippen molar-refractivity contribution >= 4 is 22.8 Å². The number of para-hydroxylation sites is 1. The lowest BCUT2D eigenvalue weighted by Gasteiger charge is -2.14. The molecule has 0 aliphatic heterocycles. The maximum absolute atomic E-state index is 13.8. The molecule has 1 N–H and O–H groups in total. The number of carbonyl (C=O) groups is 2. The minimum absolute atomic E-state index is 0.0312. The van der Waals surface area contributed by atoms with Crippen molar-refractivity contribution < 1.29 is 27.5 Å². The molecule has 140 valence electrons. The van der Waals surface area contributed by atoms with Gasteiger partial charge in [-0.1, -0.05) is 24.3 Å². The SMILES string of the molecule is Cc1c(C(=O)OCC(=O)NC(C)c2ccc(F)cc2)oc2c(F)cccc12. The maximum atomic E-state index is 13.8. The van der Waals surface area contributed by atoms with Crippen LogP contribution < -0.4 is 5.32 Å². The molecule has 2 aromatic carbocycles. The molecule has 0 saturated heterocycles. The van der Waals surface area contributed by atoms with Gasteiger partial charge < -0.3 is 14.5 Å². The van der Waals surface area contributed by atoms with Crippen LogP contribution in [0.2, 0.25) is 0 Å². The molecule has 7 heteroatoms. The monoisotopic (exact) mass is 373 g/mol. The van der Waals surface area contributed by atoms with Gasteiger partial charge in [-0.3, -0.25) is 4.79 Å². The third-order valence-corrected chi connectivity index (χ3v) is 4.18. The van der Waals surface area contributed by atoms with Crippen LogP contribution in [0, 0.1) is 18.6 Å². The smallest absolute Gasteiger partial charge is 0.375 e. The predicted molar refractivity (Wildman–Crippen MR) is 94.1 cm³/mol. The minimum atomic E-state index is -0.854. The van der Waals surface area contributed by atoms with Crippen molar-refractivity contribution in [2.24, 2.45) is 0 Å². The Hall–Kier alpha value is -3.22. The fourth-order valence-corrected chi connectivity index (χ4v) is 2.72. The first-order chi connectivity index (χ1) is 12.9. The molecule has 0 bridgehead atoms. The summed E-state index contributed by atoms with van der Waals surface area (Å²) in [6.45, 7) is 2.81. The van der Waals surface area contributed by atoms with Crippen molar-refractivity contribution in [2.75, 3.05) is 6.61 Å². The van der Waals surface area contributed by atoms with E-state index >= 15 is 0 Å². The Morgan fingerprint density at radius 1 is 1.15 bits per heavy atom. The number of aryl methyl sites for hydroxylation is 1. The number of halogens is 2. The summed E-state index contributed by atoms with van der Waals surface area (Å²) in [4.78, 5) is 24.2. The standard InChI is InChI=1S/C20H17F2NO4/c1-11-15-4-3-5-16(22)19(15)27-18(11)20(25)26-10-17(24)23-12(2)13-6-8-14(21)9-7-13/h3-9,12H,10H2,1-2H3,(H,23,24). The average Bonchev–Trinajstić information content (AvgIpc) is 2.98. The van der Waals surface area contributed by atoms with E-state index in [4.69, 9.17) is 9.15 Å². The number of furan rings is 1. The summed E-state index contributed by atoms with van der Waals surface area (Å²) in [5.74, 6) is -2.48. The quantitative estimate of drug-likeness (QED) is 0.685. The van der Waals surface area contributed by atoms with Gasteiger partial charge in [-0.25, -0.2) is 13.6 Å². The van der Waals surface area contributed by atoms with E-state index in [9.17, 15) is 18.4 Å². The van der Waals surface area contributed by atoms with Crippen LogP contribution in [0.5, 0.6) is 0 Å². The lowest BCUT2D eigenvalue weighted by molar-refractivity contribution is -0.124. The van der Waals surface area contributed by atoms with Crippen LogP contribution in [0.3, 0.4) is 0 Å². The Morgan fingerprint density at radius 2 is 1.85 bits per heavy atom. The number of ether oxygens (including phenoxy) is 1. The van der Waals surface area contributed by atoms with Crippen LogP contribution in [0.25, 0.3) is 11.0 Å². The van der Waals surface area contributed by atoms with E-state index in [2.05, 4.69) is 5.32 Å². The normalized spacial score (nSPS) is 12.0. The number of hydrogen-bond donors (Lipinski definition) is 1. The second-order valence-corrected chi connectivity index (χ2v) is 6.09. The van der Waals surface area contributed by atoms with Crippen molar-refractivity contribution in [1.82, 2.24) is 5.32 Å². The van der Waals surface area contributed by atoms with Gasteiger partial charge in [0.1, 0.15) is 5.82 Å². The van der Waals surface area contributed by atoms with Crippen molar-refractivity contribution in [1.29, 1.82) is 0 Å². The number of esters is 1. The van der Waals surface area contributed by atoms with Crippen molar-refractivity contribution in [3.63, 3.8) is 0 Å². The number of fused-ring (bicyclic) bond motifs is 1. The highest BCUT2D eigenvalue weighted by atomic mass is 19.1. The summed E-state index contributed by atoms with van der Waals surface area (Å²) >= 11 is 0. The van der Waals surface area contributed by atoms with Gasteiger partial charge in [0.05, 0.1) is 6.04 Å². The van der Waals surface area contributed by atoms with E-state index in [1.807, 2.05) is 0 Å². The lowest BCUT2D eigenvalue weighted by atomic mass is 10.1. The number of hydrogen-bond acceptors (Lipinski definition) is 4. The Kier molecular flexibility index (Phi) is 5.21. The highest BCUT2D eigenvalue weighted by Crippen LogP contribution is 2.27. The highest BCUT2D eigenvalue weighted by molar-refractivity contribution is 5.96. The summed E-state index contributed by atoms with van der Waals surface area (Å²) < 4.78 is 36.9. The zero-order chi connectivity index (χ0) is 19.6. The van der Waals surface area contributed by atoms with Gasteiger partial charge in [-0.05, 0) is 37.6 Å². The first kappa shape index (κ1) is 18.6. The average molecular weight is 373 g/mol. The van der Waals surface area contributed by atoms with Crippen molar-refractivity contribution in [3.8, 4) is 0 Å². The highest BCUT2D eigenvalue weighted by Gasteiger charge is 2.22. The fourth-order valence-electron chi connectivity index (χ4n) is 2.72. The third kappa shape index (κ3) is 3.97. The van der Waals surface area contributed by atoms with E-state index in [0.717, 1.165) is 0 Å². The summed E-state index contributed by atoms with van der Waals surface area (Å²) in [5.41, 5.74) is 1.12. The number of carbonyl (C=O) groups excluding carboxylic acids is 2. The first-order valence-corrected chi connectivity index (χ1v) is 8.26. The fraction of sp³-hybridized carbons (Fsp3) is 0.200. The Bertz CT molecular complexity index is 995. The van der Waals surface area contributed by atoms with Crippen LogP contribution in [-0.2, 0) is 9.53 Å². The van der Waals surface area contributed by atoms with E-state index in [1.165, 1.54) is 24.3 Å². The lowest BCUT2D eigenvalue weighted by Crippen LogP contribution is -2.31. The van der Waals surface area contributed by atoms with Gasteiger partial charge >= 0.3 is 5.97 Å². The van der Waals surface area contributed by atoms with Gasteiger partial charge in [-0.15, -0.1) is 0 Å². The molecule has 1 unspecified atom stereocenters. The van der Waals surface area contributed by atoms with Crippen LogP contribution >= 0.6 is 0 Å². The van der Waals surface area contributed by atoms with E-state index in [-0.39, 0.29) is 23.2 Å². The number of nitrogens with one attached hydrogen (secondary N) is 1. The molecule has 3 aromatic rings. The van der Waals surface area contributed by atoms with Crippen LogP contribution in [0.15, 0.2) is 46.9 Å². The van der Waals surface area contributed by atoms with Crippen molar-refractivity contribution in [3.05, 3.63) is 71.0 Å². The second-order valence-electron chi connectivity index (χ2n) is 6.09. The summed E-state index contributed by atoms with van der Waals surface area (Å²) in [6, 6.07) is 9.68. The molecule has 3 rings (SSSR count). The molecule has 27 heavy (non-hydrogen) atoms. The molecule has 0 radical (unpaired) electrons. The Morgan fingerprint density at radius 3 is 2.52 bits per heavy atom. The number of benzene rings is 2. The van der Waals surface area contributed by atoms with Gasteiger partial charge in [0.25, 0.3) is 5.91 Å². The molecule has 1 atom stereocenters. The largest absolute Gasteiger partial charge is 0.450 e. The van der Waals surface area contributed by atoms with Gasteiger partial charge in [-0.2, -0.15) is 0 Å². The van der Waals surface area contributed by atoms with E-state index < -0.39 is 24.3 Å². The van der Waals surface area contributed by atoms with Crippen molar-refractivity contribution in [2.45, 2.75) is 19.9 Å². The molecule has 0 aliphatic carbocycles. The molecular weight excluding hydrogens is 356 g/mol. The zero-order valence-corrected chi connectivity index (χ0v) is 14.7. The summed E-state index contributed by atoms with van der Waals surface area (Å²) in [5, 5.41) is 3.11. The number of rotatable bonds is 5. The molecule has 5 nitrogen and oxygen atoms in total. The van der Waals surface area contributed by atoms with Gasteiger partial charge in [0, 0.05) is 10.9 Å². The van der Waals surface area contributed by atoms with Gasteiger partial charge in [0.2, 0.25) is 5.76 Å². The zero-order valence-electron chi connectivity index (χ0n) is 14.7. The molecule has 1 amide bonds. The molecule has 1 aromatic heterocycles.